The van der Waals surface area contributed by atoms with E-state index < -0.39 is 5.97 Å². The molecule has 0 aliphatic heterocycles. The zero-order valence-corrected chi connectivity index (χ0v) is 13.0. The maximum absolute atomic E-state index is 11.1. The van der Waals surface area contributed by atoms with Gasteiger partial charge in [0.2, 0.25) is 0 Å². The molecule has 19 heavy (non-hydrogen) atoms. The van der Waals surface area contributed by atoms with Gasteiger partial charge in [-0.2, -0.15) is 0 Å². The van der Waals surface area contributed by atoms with E-state index in [9.17, 15) is 4.79 Å². The van der Waals surface area contributed by atoms with Crippen LogP contribution in [0.5, 0.6) is 0 Å². The number of nitrogens with zero attached hydrogens (tertiary/aromatic N) is 1. The molecule has 0 aliphatic carbocycles. The lowest BCUT2D eigenvalue weighted by atomic mass is 10.1. The van der Waals surface area contributed by atoms with Gasteiger partial charge in [0.25, 0.3) is 0 Å². The van der Waals surface area contributed by atoms with Crippen molar-refractivity contribution < 1.29 is 9.90 Å². The molecular formula is C13H9BrClNO2S. The second-order valence-electron chi connectivity index (χ2n) is 3.82. The zero-order chi connectivity index (χ0) is 14.0. The topological polar surface area (TPSA) is 50.2 Å². The Morgan fingerprint density at radius 3 is 2.79 bits per heavy atom. The van der Waals surface area contributed by atoms with Crippen LogP contribution in [0, 0.1) is 6.92 Å². The molecular weight excluding hydrogens is 350 g/mol. The fraction of sp³-hybridized carbons (Fsp3) is 0.0769. The summed E-state index contributed by atoms with van der Waals surface area (Å²) in [4.78, 5) is 16.1. The van der Waals surface area contributed by atoms with Crippen LogP contribution in [0.3, 0.4) is 0 Å². The maximum atomic E-state index is 11.1. The van der Waals surface area contributed by atoms with E-state index in [1.165, 1.54) is 11.8 Å². The Hall–Kier alpha value is -1.04. The third-order valence-electron chi connectivity index (χ3n) is 2.43. The number of rotatable bonds is 3. The molecule has 0 radical (unpaired) electrons. The highest BCUT2D eigenvalue weighted by Gasteiger charge is 2.10. The van der Waals surface area contributed by atoms with Crippen molar-refractivity contribution in [1.82, 2.24) is 4.98 Å². The van der Waals surface area contributed by atoms with Crippen LogP contribution in [0.1, 0.15) is 15.9 Å². The van der Waals surface area contributed by atoms with Crippen LogP contribution in [0.4, 0.5) is 0 Å². The number of aromatic nitrogens is 1. The van der Waals surface area contributed by atoms with Crippen molar-refractivity contribution in [2.75, 3.05) is 0 Å². The van der Waals surface area contributed by atoms with Crippen LogP contribution in [0.15, 0.2) is 44.9 Å². The highest BCUT2D eigenvalue weighted by Crippen LogP contribution is 2.33. The first-order valence-corrected chi connectivity index (χ1v) is 7.29. The number of aryl methyl sites for hydroxylation is 1. The smallest absolute Gasteiger partial charge is 0.335 e. The Balaban J connectivity index is 2.33. The molecule has 98 valence electrons. The highest BCUT2D eigenvalue weighted by molar-refractivity contribution is 9.10. The van der Waals surface area contributed by atoms with Gasteiger partial charge in [0, 0.05) is 11.1 Å². The van der Waals surface area contributed by atoms with Crippen molar-refractivity contribution in [2.24, 2.45) is 0 Å². The summed E-state index contributed by atoms with van der Waals surface area (Å²) in [5.74, 6) is -0.928. The maximum Gasteiger partial charge on any atom is 0.335 e. The predicted molar refractivity (Wildman–Crippen MR) is 79.2 cm³/mol. The molecule has 6 heteroatoms. The quantitative estimate of drug-likeness (QED) is 0.867. The summed E-state index contributed by atoms with van der Waals surface area (Å²) in [6.45, 7) is 1.77. The Labute approximate surface area is 128 Å². The Kier molecular flexibility index (Phi) is 4.50. The Morgan fingerprint density at radius 1 is 1.42 bits per heavy atom. The molecule has 0 fully saturated rings. The second kappa shape index (κ2) is 5.94. The van der Waals surface area contributed by atoms with E-state index in [0.717, 1.165) is 20.0 Å². The van der Waals surface area contributed by atoms with Crippen LogP contribution in [0.2, 0.25) is 5.02 Å². The average Bonchev–Trinajstić information content (AvgIpc) is 2.34. The van der Waals surface area contributed by atoms with E-state index in [-0.39, 0.29) is 0 Å². The van der Waals surface area contributed by atoms with Crippen molar-refractivity contribution in [3.8, 4) is 0 Å². The molecule has 0 aliphatic rings. The summed E-state index contributed by atoms with van der Waals surface area (Å²) < 4.78 is 0.780. The van der Waals surface area contributed by atoms with Crippen LogP contribution in [-0.2, 0) is 0 Å². The molecule has 0 saturated carbocycles. The molecule has 3 nitrogen and oxygen atoms in total. The minimum atomic E-state index is -0.928. The lowest BCUT2D eigenvalue weighted by molar-refractivity contribution is 0.0696. The summed E-state index contributed by atoms with van der Waals surface area (Å²) in [7, 11) is 0. The van der Waals surface area contributed by atoms with E-state index in [2.05, 4.69) is 20.9 Å². The first-order chi connectivity index (χ1) is 8.97. The minimum Gasteiger partial charge on any atom is -0.478 e. The first kappa shape index (κ1) is 14.4. The number of pyridine rings is 1. The summed E-state index contributed by atoms with van der Waals surface area (Å²) in [6, 6.07) is 7.05. The number of aromatic carboxylic acids is 1. The van der Waals surface area contributed by atoms with Gasteiger partial charge < -0.3 is 5.11 Å². The molecule has 0 bridgehead atoms. The molecule has 1 heterocycles. The minimum absolute atomic E-state index is 0.301. The van der Waals surface area contributed by atoms with Gasteiger partial charge in [-0.15, -0.1) is 0 Å². The largest absolute Gasteiger partial charge is 0.478 e. The van der Waals surface area contributed by atoms with E-state index >= 15 is 0 Å². The fourth-order valence-electron chi connectivity index (χ4n) is 1.48. The van der Waals surface area contributed by atoms with Gasteiger partial charge in [-0.3, -0.25) is 0 Å². The summed E-state index contributed by atoms with van der Waals surface area (Å²) >= 11 is 10.6. The van der Waals surface area contributed by atoms with Crippen LogP contribution in [0.25, 0.3) is 0 Å². The number of benzene rings is 1. The fourth-order valence-corrected chi connectivity index (χ4v) is 3.16. The monoisotopic (exact) mass is 357 g/mol. The highest BCUT2D eigenvalue weighted by atomic mass is 79.9. The number of carboxylic acids is 1. The Morgan fingerprint density at radius 2 is 2.16 bits per heavy atom. The SMILES string of the molecule is Cc1ccc(Sc2ncc(Cl)cc2Br)cc1C(=O)O. The van der Waals surface area contributed by atoms with Crippen molar-refractivity contribution in [3.63, 3.8) is 0 Å². The van der Waals surface area contributed by atoms with Crippen molar-refractivity contribution in [2.45, 2.75) is 16.8 Å². The molecule has 1 aromatic carbocycles. The molecule has 1 N–H and O–H groups in total. The molecule has 0 unspecified atom stereocenters. The molecule has 0 saturated heterocycles. The predicted octanol–water partition coefficient (Wildman–Crippen LogP) is 4.66. The van der Waals surface area contributed by atoms with Crippen LogP contribution in [-0.4, -0.2) is 16.1 Å². The molecule has 0 amide bonds. The molecule has 0 spiro atoms. The average molecular weight is 359 g/mol. The number of carbonyl (C=O) groups is 1. The van der Waals surface area contributed by atoms with Gasteiger partial charge >= 0.3 is 5.97 Å². The lowest BCUT2D eigenvalue weighted by Crippen LogP contribution is -1.99. The van der Waals surface area contributed by atoms with E-state index in [1.54, 1.807) is 31.3 Å². The normalized spacial score (nSPS) is 10.5. The van der Waals surface area contributed by atoms with Gasteiger partial charge in [0.1, 0.15) is 5.03 Å². The van der Waals surface area contributed by atoms with E-state index in [0.29, 0.717) is 10.6 Å². The molecule has 2 rings (SSSR count). The van der Waals surface area contributed by atoms with Gasteiger partial charge in [-0.05, 0) is 46.6 Å². The standard InChI is InChI=1S/C13H9BrClNO2S/c1-7-2-3-9(5-10(7)13(17)18)19-12-11(14)4-8(15)6-16-12/h2-6H,1H3,(H,17,18). The van der Waals surface area contributed by atoms with Gasteiger partial charge in [0.15, 0.2) is 0 Å². The van der Waals surface area contributed by atoms with Crippen molar-refractivity contribution in [3.05, 3.63) is 51.1 Å². The second-order valence-corrected chi connectivity index (χ2v) is 6.18. The van der Waals surface area contributed by atoms with Crippen molar-refractivity contribution >= 4 is 45.3 Å². The van der Waals surface area contributed by atoms with Gasteiger partial charge in [-0.1, -0.05) is 29.4 Å². The molecule has 1 aromatic heterocycles. The number of hydrogen-bond donors (Lipinski definition) is 1. The van der Waals surface area contributed by atoms with E-state index in [4.69, 9.17) is 16.7 Å². The molecule has 2 aromatic rings. The first-order valence-electron chi connectivity index (χ1n) is 5.30. The Bertz CT molecular complexity index is 649. The summed E-state index contributed by atoms with van der Waals surface area (Å²) in [5, 5.41) is 10.4. The number of hydrogen-bond acceptors (Lipinski definition) is 3. The van der Waals surface area contributed by atoms with Crippen molar-refractivity contribution in [1.29, 1.82) is 0 Å². The van der Waals surface area contributed by atoms with Crippen LogP contribution >= 0.6 is 39.3 Å². The third-order valence-corrected chi connectivity index (χ3v) is 4.51. The van der Waals surface area contributed by atoms with Gasteiger partial charge in [-0.25, -0.2) is 9.78 Å². The summed E-state index contributed by atoms with van der Waals surface area (Å²) in [6.07, 6.45) is 1.56. The zero-order valence-electron chi connectivity index (χ0n) is 9.85. The summed E-state index contributed by atoms with van der Waals surface area (Å²) in [5.41, 5.74) is 1.04. The number of carboxylic acid groups (broad SMARTS) is 1. The lowest BCUT2D eigenvalue weighted by Gasteiger charge is -2.06. The number of halogens is 2. The molecule has 0 atom stereocenters. The van der Waals surface area contributed by atoms with E-state index in [1.807, 2.05) is 6.07 Å². The van der Waals surface area contributed by atoms with Crippen LogP contribution < -0.4 is 0 Å². The van der Waals surface area contributed by atoms with Gasteiger partial charge in [0.05, 0.1) is 15.1 Å². The third kappa shape index (κ3) is 3.49.